The maximum Gasteiger partial charge on any atom is 0.349 e. The van der Waals surface area contributed by atoms with Crippen molar-refractivity contribution in [3.8, 4) is 11.1 Å². The molecular weight excluding hydrogens is 570 g/mol. The second-order valence-electron chi connectivity index (χ2n) is 12.9. The number of hydrazone groups is 1. The molecule has 1 atom stereocenters. The Balaban J connectivity index is 1.47. The van der Waals surface area contributed by atoms with Crippen LogP contribution >= 0.6 is 0 Å². The van der Waals surface area contributed by atoms with Crippen molar-refractivity contribution >= 4 is 34.7 Å². The standard InChI is InChI=1S/C39H43N5O2/c1-26(2)36(40)38(45)41-32-18-20-33(21-19-32)44-35-22-17-31(30-16-10-11-27(3)23-30)24-34(35)37(29-14-8-5-9-15-29)42-43(39(44)46)25-28-12-6-4-7-13-28/h4,6-7,10-13,16-24,26,29,36H,5,8-9,14-15,25,40H2,1-3H3,(H,41,45). The summed E-state index contributed by atoms with van der Waals surface area (Å²) in [6.45, 7) is 6.30. The number of aryl methyl sites for hydroxylation is 1. The molecular formula is C39H43N5O2. The Labute approximate surface area is 272 Å². The first-order valence-corrected chi connectivity index (χ1v) is 16.4. The number of nitrogens with one attached hydrogen (secondary N) is 1. The number of fused-ring (bicyclic) bond motifs is 1. The largest absolute Gasteiger partial charge is 0.349 e. The molecule has 236 valence electrons. The number of amides is 3. The smallest absolute Gasteiger partial charge is 0.325 e. The molecule has 0 aromatic heterocycles. The molecule has 7 nitrogen and oxygen atoms in total. The van der Waals surface area contributed by atoms with Gasteiger partial charge in [0.05, 0.1) is 29.7 Å². The molecule has 6 rings (SSSR count). The third kappa shape index (κ3) is 6.75. The van der Waals surface area contributed by atoms with Gasteiger partial charge in [0.25, 0.3) is 0 Å². The molecule has 1 fully saturated rings. The molecule has 1 unspecified atom stereocenters. The summed E-state index contributed by atoms with van der Waals surface area (Å²) in [5.74, 6) is 0.0420. The van der Waals surface area contributed by atoms with E-state index in [2.05, 4.69) is 54.7 Å². The fourth-order valence-electron chi connectivity index (χ4n) is 6.39. The minimum atomic E-state index is -0.608. The quantitative estimate of drug-likeness (QED) is 0.208. The first kappa shape index (κ1) is 31.2. The third-order valence-corrected chi connectivity index (χ3v) is 9.09. The highest BCUT2D eigenvalue weighted by Gasteiger charge is 2.34. The van der Waals surface area contributed by atoms with Crippen LogP contribution in [-0.2, 0) is 11.3 Å². The second-order valence-corrected chi connectivity index (χ2v) is 12.9. The average Bonchev–Trinajstić information content (AvgIpc) is 3.19. The van der Waals surface area contributed by atoms with Crippen LogP contribution in [0.1, 0.15) is 62.6 Å². The molecule has 46 heavy (non-hydrogen) atoms. The van der Waals surface area contributed by atoms with E-state index in [1.54, 1.807) is 9.91 Å². The summed E-state index contributed by atoms with van der Waals surface area (Å²) in [5, 5.41) is 9.77. The SMILES string of the molecule is Cc1cccc(-c2ccc3c(c2)C(C2CCCCC2)=NN(Cc2ccccc2)C(=O)N3c2ccc(NC(=O)C(N)C(C)C)cc2)c1. The molecule has 4 aromatic rings. The Bertz CT molecular complexity index is 1730. The van der Waals surface area contributed by atoms with Crippen molar-refractivity contribution in [1.29, 1.82) is 0 Å². The molecule has 1 saturated carbocycles. The van der Waals surface area contributed by atoms with Crippen LogP contribution in [-0.4, -0.2) is 28.7 Å². The Morgan fingerprint density at radius 2 is 1.61 bits per heavy atom. The predicted molar refractivity (Wildman–Crippen MR) is 187 cm³/mol. The van der Waals surface area contributed by atoms with Crippen molar-refractivity contribution in [3.63, 3.8) is 0 Å². The van der Waals surface area contributed by atoms with Crippen LogP contribution in [0, 0.1) is 18.8 Å². The molecule has 7 heteroatoms. The molecule has 1 heterocycles. The summed E-state index contributed by atoms with van der Waals surface area (Å²) >= 11 is 0. The van der Waals surface area contributed by atoms with E-state index in [1.807, 2.05) is 68.4 Å². The van der Waals surface area contributed by atoms with Crippen LogP contribution in [0.15, 0.2) is 102 Å². The van der Waals surface area contributed by atoms with E-state index in [1.165, 1.54) is 12.0 Å². The number of hydrogen-bond donors (Lipinski definition) is 2. The fraction of sp³-hybridized carbons (Fsp3) is 0.308. The topological polar surface area (TPSA) is 91.0 Å². The van der Waals surface area contributed by atoms with Gasteiger partial charge in [0, 0.05) is 17.2 Å². The number of rotatable bonds is 8. The van der Waals surface area contributed by atoms with Gasteiger partial charge in [0.2, 0.25) is 5.91 Å². The lowest BCUT2D eigenvalue weighted by Crippen LogP contribution is -2.39. The number of carbonyl (C=O) groups is 2. The number of carbonyl (C=O) groups excluding carboxylic acids is 2. The van der Waals surface area contributed by atoms with Gasteiger partial charge in [-0.25, -0.2) is 9.80 Å². The highest BCUT2D eigenvalue weighted by atomic mass is 16.2. The molecule has 2 aliphatic rings. The van der Waals surface area contributed by atoms with Crippen LogP contribution in [0.25, 0.3) is 11.1 Å². The number of anilines is 3. The Morgan fingerprint density at radius 3 is 2.30 bits per heavy atom. The number of hydrogen-bond acceptors (Lipinski definition) is 4. The van der Waals surface area contributed by atoms with Gasteiger partial charge in [0.15, 0.2) is 0 Å². The molecule has 1 aliphatic carbocycles. The molecule has 0 radical (unpaired) electrons. The lowest BCUT2D eigenvalue weighted by atomic mass is 9.82. The zero-order valence-corrected chi connectivity index (χ0v) is 26.9. The normalized spacial score (nSPS) is 16.1. The summed E-state index contributed by atoms with van der Waals surface area (Å²) in [4.78, 5) is 29.0. The van der Waals surface area contributed by atoms with Crippen molar-refractivity contribution in [2.45, 2.75) is 65.5 Å². The van der Waals surface area contributed by atoms with Gasteiger partial charge in [-0.05, 0) is 78.8 Å². The van der Waals surface area contributed by atoms with Crippen LogP contribution in [0.5, 0.6) is 0 Å². The molecule has 1 aliphatic heterocycles. The third-order valence-electron chi connectivity index (χ3n) is 9.09. The molecule has 3 N–H and O–H groups in total. The van der Waals surface area contributed by atoms with Crippen LogP contribution < -0.4 is 16.0 Å². The van der Waals surface area contributed by atoms with Gasteiger partial charge < -0.3 is 11.1 Å². The Morgan fingerprint density at radius 1 is 0.891 bits per heavy atom. The zero-order chi connectivity index (χ0) is 32.2. The first-order chi connectivity index (χ1) is 22.3. The summed E-state index contributed by atoms with van der Waals surface area (Å²) in [6.07, 6.45) is 5.63. The van der Waals surface area contributed by atoms with Crippen LogP contribution in [0.4, 0.5) is 21.9 Å². The van der Waals surface area contributed by atoms with Gasteiger partial charge in [-0.15, -0.1) is 0 Å². The highest BCUT2D eigenvalue weighted by Crippen LogP contribution is 2.40. The minimum Gasteiger partial charge on any atom is -0.325 e. The number of benzene rings is 4. The van der Waals surface area contributed by atoms with E-state index in [9.17, 15) is 9.59 Å². The molecule has 0 saturated heterocycles. The predicted octanol–water partition coefficient (Wildman–Crippen LogP) is 8.64. The van der Waals surface area contributed by atoms with Crippen molar-refractivity contribution < 1.29 is 9.59 Å². The van der Waals surface area contributed by atoms with Crippen LogP contribution in [0.2, 0.25) is 0 Å². The van der Waals surface area contributed by atoms with Crippen LogP contribution in [0.3, 0.4) is 0 Å². The van der Waals surface area contributed by atoms with Gasteiger partial charge in [0.1, 0.15) is 0 Å². The van der Waals surface area contributed by atoms with Crippen molar-refractivity contribution in [2.24, 2.45) is 22.7 Å². The summed E-state index contributed by atoms with van der Waals surface area (Å²) < 4.78 is 0. The van der Waals surface area contributed by atoms with E-state index in [4.69, 9.17) is 10.8 Å². The average molecular weight is 614 g/mol. The molecule has 0 spiro atoms. The van der Waals surface area contributed by atoms with Crippen molar-refractivity contribution in [3.05, 3.63) is 114 Å². The number of urea groups is 1. The van der Waals surface area contributed by atoms with Gasteiger partial charge in [-0.1, -0.05) is 99.3 Å². The summed E-state index contributed by atoms with van der Waals surface area (Å²) in [5.41, 5.74) is 14.6. The Hall–Kier alpha value is -4.75. The minimum absolute atomic E-state index is 0.0177. The van der Waals surface area contributed by atoms with Crippen molar-refractivity contribution in [1.82, 2.24) is 5.01 Å². The monoisotopic (exact) mass is 613 g/mol. The van der Waals surface area contributed by atoms with Gasteiger partial charge in [-0.2, -0.15) is 5.10 Å². The fourth-order valence-corrected chi connectivity index (χ4v) is 6.39. The van der Waals surface area contributed by atoms with E-state index >= 15 is 0 Å². The molecule has 3 amide bonds. The number of nitrogens with zero attached hydrogens (tertiary/aromatic N) is 3. The van der Waals surface area contributed by atoms with Gasteiger partial charge in [-0.3, -0.25) is 9.69 Å². The lowest BCUT2D eigenvalue weighted by Gasteiger charge is -2.27. The lowest BCUT2D eigenvalue weighted by molar-refractivity contribution is -0.118. The molecule has 0 bridgehead atoms. The zero-order valence-electron chi connectivity index (χ0n) is 26.9. The maximum atomic E-state index is 14.6. The van der Waals surface area contributed by atoms with E-state index in [0.29, 0.717) is 17.9 Å². The molecule has 4 aromatic carbocycles. The Kier molecular flexibility index (Phi) is 9.31. The van der Waals surface area contributed by atoms with Gasteiger partial charge >= 0.3 is 6.03 Å². The second kappa shape index (κ2) is 13.7. The summed E-state index contributed by atoms with van der Waals surface area (Å²) in [6, 6.07) is 31.5. The van der Waals surface area contributed by atoms with E-state index < -0.39 is 6.04 Å². The summed E-state index contributed by atoms with van der Waals surface area (Å²) in [7, 11) is 0. The highest BCUT2D eigenvalue weighted by molar-refractivity contribution is 6.14. The number of nitrogens with two attached hydrogens (primary N) is 1. The first-order valence-electron chi connectivity index (χ1n) is 16.4. The maximum absolute atomic E-state index is 14.6. The van der Waals surface area contributed by atoms with Crippen molar-refractivity contribution in [2.75, 3.05) is 10.2 Å². The van der Waals surface area contributed by atoms with E-state index in [-0.39, 0.29) is 23.8 Å². The van der Waals surface area contributed by atoms with E-state index in [0.717, 1.165) is 59.3 Å².